The minimum Gasteiger partial charge on any atom is -0.394 e. The lowest BCUT2D eigenvalue weighted by atomic mass is 10.0. The highest BCUT2D eigenvalue weighted by Gasteiger charge is 2.14. The molecule has 0 aliphatic heterocycles. The van der Waals surface area contributed by atoms with Crippen LogP contribution in [-0.4, -0.2) is 70.4 Å². The highest BCUT2D eigenvalue weighted by Crippen LogP contribution is 2.14. The number of aliphatic hydroxyl groups excluding tert-OH is 4. The Labute approximate surface area is 180 Å². The largest absolute Gasteiger partial charge is 0.394 e. The number of rotatable bonds is 23. The maximum Gasteiger partial charge on any atom is 0.0897 e. The normalized spacial score (nSPS) is 13.9. The first-order valence-electron chi connectivity index (χ1n) is 12.4. The highest BCUT2D eigenvalue weighted by molar-refractivity contribution is 4.68. The third-order valence-electron chi connectivity index (χ3n) is 5.69. The quantitative estimate of drug-likeness (QED) is 0.187. The van der Waals surface area contributed by atoms with E-state index < -0.39 is 12.2 Å². The Kier molecular flexibility index (Phi) is 22.3. The fourth-order valence-electron chi connectivity index (χ4n) is 3.85. The van der Waals surface area contributed by atoms with Crippen molar-refractivity contribution in [1.29, 1.82) is 0 Å². The van der Waals surface area contributed by atoms with Gasteiger partial charge in [-0.25, -0.2) is 0 Å². The summed E-state index contributed by atoms with van der Waals surface area (Å²) in [6.45, 7) is 3.19. The molecule has 0 aromatic carbocycles. The Morgan fingerprint density at radius 1 is 0.517 bits per heavy atom. The number of nitrogens with zero attached hydrogens (tertiary/aromatic N) is 1. The average Bonchev–Trinajstić information content (AvgIpc) is 2.72. The summed E-state index contributed by atoms with van der Waals surface area (Å²) in [5.41, 5.74) is 0. The predicted octanol–water partition coefficient (Wildman–Crippen LogP) is 4.26. The van der Waals surface area contributed by atoms with Crippen LogP contribution in [0, 0.1) is 0 Å². The summed E-state index contributed by atoms with van der Waals surface area (Å²) >= 11 is 0. The Bertz CT molecular complexity index is 305. The topological polar surface area (TPSA) is 84.2 Å². The molecule has 0 rings (SSSR count). The van der Waals surface area contributed by atoms with Gasteiger partial charge in [-0.1, -0.05) is 103 Å². The fourth-order valence-corrected chi connectivity index (χ4v) is 3.85. The van der Waals surface area contributed by atoms with E-state index in [0.29, 0.717) is 13.1 Å². The van der Waals surface area contributed by atoms with Crippen LogP contribution >= 0.6 is 0 Å². The molecule has 0 radical (unpaired) electrons. The fraction of sp³-hybridized carbons (Fsp3) is 1.00. The van der Waals surface area contributed by atoms with E-state index in [1.54, 1.807) is 0 Å². The first kappa shape index (κ1) is 28.8. The van der Waals surface area contributed by atoms with Crippen LogP contribution in [0.5, 0.6) is 0 Å². The van der Waals surface area contributed by atoms with Gasteiger partial charge in [0.2, 0.25) is 0 Å². The Morgan fingerprint density at radius 2 is 0.828 bits per heavy atom. The molecule has 5 nitrogen and oxygen atoms in total. The van der Waals surface area contributed by atoms with Gasteiger partial charge in [-0.3, -0.25) is 4.90 Å². The van der Waals surface area contributed by atoms with Crippen molar-refractivity contribution in [2.45, 2.75) is 122 Å². The molecule has 0 aliphatic rings. The van der Waals surface area contributed by atoms with Gasteiger partial charge in [-0.15, -0.1) is 0 Å². The Balaban J connectivity index is 3.45. The number of hydrogen-bond acceptors (Lipinski definition) is 5. The molecule has 0 fully saturated rings. The summed E-state index contributed by atoms with van der Waals surface area (Å²) < 4.78 is 0. The van der Waals surface area contributed by atoms with Gasteiger partial charge >= 0.3 is 0 Å². The molecule has 2 atom stereocenters. The standard InChI is InChI=1S/C24H51NO4/c1-2-3-4-5-6-7-8-9-10-11-12-13-14-15-16-17-18-25(19-23(28)21-26)20-24(29)22-27/h23-24,26-29H,2-22H2,1H3. The zero-order valence-electron chi connectivity index (χ0n) is 19.2. The van der Waals surface area contributed by atoms with Crippen molar-refractivity contribution in [2.75, 3.05) is 32.8 Å². The molecular weight excluding hydrogens is 366 g/mol. The van der Waals surface area contributed by atoms with Crippen molar-refractivity contribution in [3.05, 3.63) is 0 Å². The van der Waals surface area contributed by atoms with E-state index in [1.165, 1.54) is 89.9 Å². The van der Waals surface area contributed by atoms with Crippen LogP contribution in [0.25, 0.3) is 0 Å². The molecule has 0 aliphatic carbocycles. The summed E-state index contributed by atoms with van der Waals surface area (Å²) in [6, 6.07) is 0. The molecular formula is C24H51NO4. The SMILES string of the molecule is CCCCCCCCCCCCCCCCCCN(CC(O)CO)CC(O)CO. The molecule has 0 amide bonds. The number of aliphatic hydroxyl groups is 4. The summed E-state index contributed by atoms with van der Waals surface area (Å²) in [6.07, 6.45) is 19.8. The molecule has 176 valence electrons. The van der Waals surface area contributed by atoms with E-state index >= 15 is 0 Å². The molecule has 0 saturated heterocycles. The van der Waals surface area contributed by atoms with Crippen LogP contribution in [0.15, 0.2) is 0 Å². The molecule has 0 saturated carbocycles. The summed E-state index contributed by atoms with van der Waals surface area (Å²) in [4.78, 5) is 1.94. The van der Waals surface area contributed by atoms with Gasteiger partial charge in [0.05, 0.1) is 25.4 Å². The van der Waals surface area contributed by atoms with Crippen LogP contribution in [-0.2, 0) is 0 Å². The molecule has 0 spiro atoms. The van der Waals surface area contributed by atoms with E-state index in [2.05, 4.69) is 6.92 Å². The van der Waals surface area contributed by atoms with Crippen molar-refractivity contribution < 1.29 is 20.4 Å². The second kappa shape index (κ2) is 22.5. The molecule has 0 heterocycles. The molecule has 0 aromatic rings. The van der Waals surface area contributed by atoms with Gasteiger partial charge in [0.25, 0.3) is 0 Å². The first-order valence-corrected chi connectivity index (χ1v) is 12.4. The molecule has 5 heteroatoms. The molecule has 0 bridgehead atoms. The number of unbranched alkanes of at least 4 members (excludes halogenated alkanes) is 15. The van der Waals surface area contributed by atoms with Gasteiger partial charge in [0.1, 0.15) is 0 Å². The van der Waals surface area contributed by atoms with Crippen molar-refractivity contribution in [1.82, 2.24) is 4.90 Å². The predicted molar refractivity (Wildman–Crippen MR) is 122 cm³/mol. The lowest BCUT2D eigenvalue weighted by molar-refractivity contribution is 0.0228. The van der Waals surface area contributed by atoms with Crippen molar-refractivity contribution in [3.63, 3.8) is 0 Å². The van der Waals surface area contributed by atoms with E-state index in [0.717, 1.165) is 19.4 Å². The van der Waals surface area contributed by atoms with E-state index in [-0.39, 0.29) is 13.2 Å². The second-order valence-corrected chi connectivity index (χ2v) is 8.74. The zero-order chi connectivity index (χ0) is 21.6. The van der Waals surface area contributed by atoms with Gasteiger partial charge in [0, 0.05) is 13.1 Å². The van der Waals surface area contributed by atoms with Crippen molar-refractivity contribution in [2.24, 2.45) is 0 Å². The average molecular weight is 418 g/mol. The van der Waals surface area contributed by atoms with Crippen LogP contribution in [0.4, 0.5) is 0 Å². The van der Waals surface area contributed by atoms with E-state index in [4.69, 9.17) is 10.2 Å². The van der Waals surface area contributed by atoms with Crippen LogP contribution in [0.1, 0.15) is 110 Å². The summed E-state index contributed by atoms with van der Waals surface area (Å²) in [5.74, 6) is 0. The lowest BCUT2D eigenvalue weighted by Gasteiger charge is -2.26. The Morgan fingerprint density at radius 3 is 1.14 bits per heavy atom. The minimum atomic E-state index is -0.790. The summed E-state index contributed by atoms with van der Waals surface area (Å²) in [7, 11) is 0. The first-order chi connectivity index (χ1) is 14.1. The van der Waals surface area contributed by atoms with Crippen LogP contribution in [0.3, 0.4) is 0 Å². The van der Waals surface area contributed by atoms with Crippen LogP contribution < -0.4 is 0 Å². The molecule has 29 heavy (non-hydrogen) atoms. The third-order valence-corrected chi connectivity index (χ3v) is 5.69. The highest BCUT2D eigenvalue weighted by atomic mass is 16.3. The van der Waals surface area contributed by atoms with E-state index in [9.17, 15) is 10.2 Å². The van der Waals surface area contributed by atoms with Gasteiger partial charge in [-0.2, -0.15) is 0 Å². The summed E-state index contributed by atoms with van der Waals surface area (Å²) in [5, 5.41) is 37.2. The van der Waals surface area contributed by atoms with Gasteiger partial charge < -0.3 is 20.4 Å². The maximum absolute atomic E-state index is 9.61. The third kappa shape index (κ3) is 20.8. The Hall–Kier alpha value is -0.200. The lowest BCUT2D eigenvalue weighted by Crippen LogP contribution is -2.40. The molecule has 2 unspecified atom stereocenters. The molecule has 4 N–H and O–H groups in total. The molecule has 0 aromatic heterocycles. The second-order valence-electron chi connectivity index (χ2n) is 8.74. The minimum absolute atomic E-state index is 0.273. The smallest absolute Gasteiger partial charge is 0.0897 e. The zero-order valence-corrected chi connectivity index (χ0v) is 19.2. The van der Waals surface area contributed by atoms with E-state index in [1.807, 2.05) is 4.90 Å². The van der Waals surface area contributed by atoms with Gasteiger partial charge in [-0.05, 0) is 13.0 Å². The van der Waals surface area contributed by atoms with Gasteiger partial charge in [0.15, 0.2) is 0 Å². The number of hydrogen-bond donors (Lipinski definition) is 4. The maximum atomic E-state index is 9.61. The van der Waals surface area contributed by atoms with Crippen molar-refractivity contribution in [3.8, 4) is 0 Å². The van der Waals surface area contributed by atoms with Crippen LogP contribution in [0.2, 0.25) is 0 Å². The van der Waals surface area contributed by atoms with Crippen molar-refractivity contribution >= 4 is 0 Å². The monoisotopic (exact) mass is 417 g/mol.